The second kappa shape index (κ2) is 6.28. The molecule has 0 aliphatic carbocycles. The van der Waals surface area contributed by atoms with Crippen molar-refractivity contribution in [1.82, 2.24) is 5.32 Å². The number of halogens is 3. The van der Waals surface area contributed by atoms with E-state index in [0.29, 0.717) is 12.4 Å². The molecule has 2 unspecified atom stereocenters. The molecule has 2 aliphatic heterocycles. The molecule has 1 saturated heterocycles. The summed E-state index contributed by atoms with van der Waals surface area (Å²) in [6.07, 6.45) is -2.28. The molecule has 2 atom stereocenters. The molecule has 3 rings (SSSR count). The zero-order valence-corrected chi connectivity index (χ0v) is 12.2. The van der Waals surface area contributed by atoms with Crippen molar-refractivity contribution in [3.63, 3.8) is 0 Å². The summed E-state index contributed by atoms with van der Waals surface area (Å²) in [5.74, 6) is 0.971. The van der Waals surface area contributed by atoms with E-state index < -0.39 is 11.7 Å². The highest BCUT2D eigenvalue weighted by molar-refractivity contribution is 5.80. The lowest BCUT2D eigenvalue weighted by Crippen LogP contribution is -2.35. The van der Waals surface area contributed by atoms with Gasteiger partial charge in [-0.25, -0.2) is 0 Å². The standard InChI is InChI=1S/C16H19F3N2O/c17-16(18,19)14-6-2-1-4-11(14)8-13-10-21-15(22-13)12-5-3-7-20-9-12/h1-2,4,6,12-13,20H,3,5,7-10H2. The molecule has 2 aliphatic rings. The molecule has 1 aromatic carbocycles. The van der Waals surface area contributed by atoms with Crippen LogP contribution in [0.25, 0.3) is 0 Å². The summed E-state index contributed by atoms with van der Waals surface area (Å²) in [6.45, 7) is 2.29. The molecule has 0 bridgehead atoms. The maximum Gasteiger partial charge on any atom is 0.416 e. The molecule has 2 heterocycles. The quantitative estimate of drug-likeness (QED) is 0.931. The first kappa shape index (κ1) is 15.3. The van der Waals surface area contributed by atoms with Crippen molar-refractivity contribution in [2.45, 2.75) is 31.5 Å². The van der Waals surface area contributed by atoms with Crippen LogP contribution in [0.3, 0.4) is 0 Å². The van der Waals surface area contributed by atoms with Gasteiger partial charge in [-0.1, -0.05) is 18.2 Å². The van der Waals surface area contributed by atoms with Gasteiger partial charge in [0.25, 0.3) is 0 Å². The van der Waals surface area contributed by atoms with Crippen LogP contribution in [0.1, 0.15) is 24.0 Å². The molecule has 3 nitrogen and oxygen atoms in total. The molecule has 1 fully saturated rings. The van der Waals surface area contributed by atoms with Gasteiger partial charge in [-0.3, -0.25) is 4.99 Å². The van der Waals surface area contributed by atoms with Crippen LogP contribution >= 0.6 is 0 Å². The maximum atomic E-state index is 13.0. The molecule has 22 heavy (non-hydrogen) atoms. The minimum atomic E-state index is -4.33. The number of ether oxygens (including phenoxy) is 1. The van der Waals surface area contributed by atoms with E-state index in [1.54, 1.807) is 6.07 Å². The number of alkyl halides is 3. The lowest BCUT2D eigenvalue weighted by Gasteiger charge is -2.23. The fourth-order valence-corrected chi connectivity index (χ4v) is 3.05. The summed E-state index contributed by atoms with van der Waals surface area (Å²) in [5, 5.41) is 3.30. The molecule has 0 saturated carbocycles. The Hall–Kier alpha value is -1.56. The van der Waals surface area contributed by atoms with E-state index in [1.165, 1.54) is 12.1 Å². The van der Waals surface area contributed by atoms with Crippen molar-refractivity contribution < 1.29 is 17.9 Å². The Balaban J connectivity index is 1.64. The van der Waals surface area contributed by atoms with Gasteiger partial charge < -0.3 is 10.1 Å². The van der Waals surface area contributed by atoms with Crippen molar-refractivity contribution in [2.75, 3.05) is 19.6 Å². The molecule has 0 amide bonds. The first-order valence-corrected chi connectivity index (χ1v) is 7.61. The third-order valence-corrected chi connectivity index (χ3v) is 4.15. The number of hydrogen-bond acceptors (Lipinski definition) is 3. The van der Waals surface area contributed by atoms with Gasteiger partial charge in [0.15, 0.2) is 5.90 Å². The number of piperidine rings is 1. The summed E-state index contributed by atoms with van der Waals surface area (Å²) in [7, 11) is 0. The molecule has 1 N–H and O–H groups in total. The Bertz CT molecular complexity index is 551. The lowest BCUT2D eigenvalue weighted by atomic mass is 9.99. The first-order chi connectivity index (χ1) is 10.5. The van der Waals surface area contributed by atoms with Gasteiger partial charge in [0.1, 0.15) is 6.10 Å². The van der Waals surface area contributed by atoms with Gasteiger partial charge in [-0.2, -0.15) is 13.2 Å². The Morgan fingerprint density at radius 1 is 1.27 bits per heavy atom. The zero-order chi connectivity index (χ0) is 15.6. The van der Waals surface area contributed by atoms with E-state index in [-0.39, 0.29) is 24.0 Å². The van der Waals surface area contributed by atoms with E-state index in [2.05, 4.69) is 10.3 Å². The second-order valence-electron chi connectivity index (χ2n) is 5.82. The average molecular weight is 312 g/mol. The number of hydrogen-bond donors (Lipinski definition) is 1. The zero-order valence-electron chi connectivity index (χ0n) is 12.2. The van der Waals surface area contributed by atoms with Crippen LogP contribution in [0, 0.1) is 5.92 Å². The molecule has 0 radical (unpaired) electrons. The highest BCUT2D eigenvalue weighted by Crippen LogP contribution is 2.33. The van der Waals surface area contributed by atoms with Crippen molar-refractivity contribution in [2.24, 2.45) is 10.9 Å². The van der Waals surface area contributed by atoms with Crippen LogP contribution in [0.5, 0.6) is 0 Å². The number of benzene rings is 1. The predicted molar refractivity (Wildman–Crippen MR) is 77.9 cm³/mol. The lowest BCUT2D eigenvalue weighted by molar-refractivity contribution is -0.138. The number of aliphatic imine (C=N–C) groups is 1. The SMILES string of the molecule is FC(F)(F)c1ccccc1CC1CN=C(C2CCCNC2)O1. The normalized spacial score (nSPS) is 25.7. The molecular weight excluding hydrogens is 293 g/mol. The molecule has 6 heteroatoms. The highest BCUT2D eigenvalue weighted by Gasteiger charge is 2.34. The highest BCUT2D eigenvalue weighted by atomic mass is 19.4. The number of nitrogens with one attached hydrogen (secondary N) is 1. The Morgan fingerprint density at radius 3 is 2.82 bits per heavy atom. The van der Waals surface area contributed by atoms with Crippen LogP contribution in [0.15, 0.2) is 29.3 Å². The maximum absolute atomic E-state index is 13.0. The Morgan fingerprint density at radius 2 is 2.09 bits per heavy atom. The minimum Gasteiger partial charge on any atom is -0.475 e. The van der Waals surface area contributed by atoms with E-state index in [4.69, 9.17) is 4.74 Å². The van der Waals surface area contributed by atoms with Crippen LogP contribution in [-0.2, 0) is 17.3 Å². The summed E-state index contributed by atoms with van der Waals surface area (Å²) >= 11 is 0. The fourth-order valence-electron chi connectivity index (χ4n) is 3.05. The average Bonchev–Trinajstić information content (AvgIpc) is 2.96. The van der Waals surface area contributed by atoms with Crippen LogP contribution in [0.2, 0.25) is 0 Å². The molecule has 0 spiro atoms. The fraction of sp³-hybridized carbons (Fsp3) is 0.562. The van der Waals surface area contributed by atoms with Crippen LogP contribution < -0.4 is 5.32 Å². The van der Waals surface area contributed by atoms with Crippen molar-refractivity contribution in [3.8, 4) is 0 Å². The van der Waals surface area contributed by atoms with Crippen molar-refractivity contribution in [3.05, 3.63) is 35.4 Å². The van der Waals surface area contributed by atoms with E-state index in [0.717, 1.165) is 32.0 Å². The predicted octanol–water partition coefficient (Wildman–Crippen LogP) is 3.04. The molecular formula is C16H19F3N2O. The summed E-state index contributed by atoms with van der Waals surface area (Å²) in [5.41, 5.74) is -0.301. The summed E-state index contributed by atoms with van der Waals surface area (Å²) < 4.78 is 44.9. The Labute approximate surface area is 127 Å². The first-order valence-electron chi connectivity index (χ1n) is 7.61. The van der Waals surface area contributed by atoms with E-state index >= 15 is 0 Å². The smallest absolute Gasteiger partial charge is 0.416 e. The number of nitrogens with zero attached hydrogens (tertiary/aromatic N) is 1. The summed E-state index contributed by atoms with van der Waals surface area (Å²) in [4.78, 5) is 4.40. The molecule has 0 aromatic heterocycles. The van der Waals surface area contributed by atoms with Gasteiger partial charge in [-0.05, 0) is 31.0 Å². The third kappa shape index (κ3) is 3.43. The van der Waals surface area contributed by atoms with Crippen LogP contribution in [0.4, 0.5) is 13.2 Å². The molecule has 120 valence electrons. The van der Waals surface area contributed by atoms with Crippen molar-refractivity contribution in [1.29, 1.82) is 0 Å². The van der Waals surface area contributed by atoms with Gasteiger partial charge in [0.05, 0.1) is 12.1 Å². The topological polar surface area (TPSA) is 33.6 Å². The van der Waals surface area contributed by atoms with Gasteiger partial charge in [0.2, 0.25) is 0 Å². The van der Waals surface area contributed by atoms with E-state index in [1.807, 2.05) is 0 Å². The molecule has 1 aromatic rings. The van der Waals surface area contributed by atoms with Gasteiger partial charge in [0, 0.05) is 18.9 Å². The third-order valence-electron chi connectivity index (χ3n) is 4.15. The van der Waals surface area contributed by atoms with Crippen LogP contribution in [-0.4, -0.2) is 31.6 Å². The second-order valence-corrected chi connectivity index (χ2v) is 5.82. The minimum absolute atomic E-state index is 0.239. The Kier molecular flexibility index (Phi) is 4.38. The van der Waals surface area contributed by atoms with E-state index in [9.17, 15) is 13.2 Å². The largest absolute Gasteiger partial charge is 0.475 e. The van der Waals surface area contributed by atoms with Gasteiger partial charge >= 0.3 is 6.18 Å². The van der Waals surface area contributed by atoms with Gasteiger partial charge in [-0.15, -0.1) is 0 Å². The number of rotatable bonds is 3. The monoisotopic (exact) mass is 312 g/mol. The van der Waals surface area contributed by atoms with Crippen molar-refractivity contribution >= 4 is 5.90 Å². The summed E-state index contributed by atoms with van der Waals surface area (Å²) in [6, 6.07) is 5.69.